The Morgan fingerprint density at radius 2 is 1.93 bits per heavy atom. The molecule has 0 saturated carbocycles. The van der Waals surface area contributed by atoms with Crippen molar-refractivity contribution in [1.82, 2.24) is 0 Å². The van der Waals surface area contributed by atoms with Crippen molar-refractivity contribution < 1.29 is 14.7 Å². The molecular weight excluding hydrogens is 192 g/mol. The number of benzene rings is 1. The van der Waals surface area contributed by atoms with Crippen molar-refractivity contribution in [1.29, 1.82) is 0 Å². The fourth-order valence-corrected chi connectivity index (χ4v) is 1.32. The predicted molar refractivity (Wildman–Crippen MR) is 57.5 cm³/mol. The van der Waals surface area contributed by atoms with Gasteiger partial charge in [-0.15, -0.1) is 0 Å². The van der Waals surface area contributed by atoms with Crippen molar-refractivity contribution in [3.8, 4) is 0 Å². The first-order valence-electron chi connectivity index (χ1n) is 4.69. The fourth-order valence-electron chi connectivity index (χ4n) is 1.32. The molecule has 0 fully saturated rings. The molecule has 1 N–H and O–H groups in total. The van der Waals surface area contributed by atoms with Crippen LogP contribution in [0.1, 0.15) is 47.1 Å². The molecule has 0 amide bonds. The SMILES string of the molecule is CC(C)(C)c1ccc(C(=O)O)c(C=O)c1. The zero-order chi connectivity index (χ0) is 11.6. The summed E-state index contributed by atoms with van der Waals surface area (Å²) in [4.78, 5) is 21.5. The molecule has 0 bridgehead atoms. The lowest BCUT2D eigenvalue weighted by molar-refractivity contribution is 0.0694. The van der Waals surface area contributed by atoms with Gasteiger partial charge in [0, 0.05) is 5.56 Å². The lowest BCUT2D eigenvalue weighted by atomic mass is 9.85. The van der Waals surface area contributed by atoms with Crippen LogP contribution in [0.15, 0.2) is 18.2 Å². The number of carbonyl (C=O) groups excluding carboxylic acids is 1. The van der Waals surface area contributed by atoms with Crippen LogP contribution >= 0.6 is 0 Å². The van der Waals surface area contributed by atoms with Gasteiger partial charge in [0.2, 0.25) is 0 Å². The Hall–Kier alpha value is -1.64. The zero-order valence-electron chi connectivity index (χ0n) is 9.07. The van der Waals surface area contributed by atoms with E-state index in [1.807, 2.05) is 20.8 Å². The Balaban J connectivity index is 3.31. The van der Waals surface area contributed by atoms with Gasteiger partial charge >= 0.3 is 5.97 Å². The number of hydrogen-bond acceptors (Lipinski definition) is 2. The van der Waals surface area contributed by atoms with Crippen molar-refractivity contribution in [2.45, 2.75) is 26.2 Å². The van der Waals surface area contributed by atoms with Crippen LogP contribution in [-0.4, -0.2) is 17.4 Å². The smallest absolute Gasteiger partial charge is 0.336 e. The van der Waals surface area contributed by atoms with Crippen LogP contribution in [0.5, 0.6) is 0 Å². The van der Waals surface area contributed by atoms with E-state index in [0.29, 0.717) is 6.29 Å². The number of carbonyl (C=O) groups is 2. The molecule has 80 valence electrons. The second-order valence-electron chi connectivity index (χ2n) is 4.48. The first kappa shape index (κ1) is 11.4. The molecule has 0 heterocycles. The Morgan fingerprint density at radius 1 is 1.33 bits per heavy atom. The molecule has 0 unspecified atom stereocenters. The summed E-state index contributed by atoms with van der Waals surface area (Å²) in [6.45, 7) is 6.03. The number of hydrogen-bond donors (Lipinski definition) is 1. The average Bonchev–Trinajstić information content (AvgIpc) is 2.15. The van der Waals surface area contributed by atoms with E-state index in [1.165, 1.54) is 6.07 Å². The molecule has 0 aromatic heterocycles. The van der Waals surface area contributed by atoms with E-state index < -0.39 is 5.97 Å². The summed E-state index contributed by atoms with van der Waals surface area (Å²) >= 11 is 0. The van der Waals surface area contributed by atoms with Gasteiger partial charge in [0.1, 0.15) is 0 Å². The topological polar surface area (TPSA) is 54.4 Å². The Kier molecular flexibility index (Phi) is 2.93. The van der Waals surface area contributed by atoms with Crippen LogP contribution in [0.4, 0.5) is 0 Å². The molecule has 0 aliphatic carbocycles. The lowest BCUT2D eigenvalue weighted by Gasteiger charge is -2.19. The van der Waals surface area contributed by atoms with E-state index in [0.717, 1.165) is 5.56 Å². The molecule has 0 aliphatic heterocycles. The highest BCUT2D eigenvalue weighted by atomic mass is 16.4. The highest BCUT2D eigenvalue weighted by molar-refractivity contribution is 5.97. The molecule has 0 aliphatic rings. The van der Waals surface area contributed by atoms with Gasteiger partial charge in [0.25, 0.3) is 0 Å². The van der Waals surface area contributed by atoms with Gasteiger partial charge in [0.15, 0.2) is 6.29 Å². The first-order chi connectivity index (χ1) is 6.86. The van der Waals surface area contributed by atoms with Gasteiger partial charge in [-0.2, -0.15) is 0 Å². The first-order valence-corrected chi connectivity index (χ1v) is 4.69. The number of aldehydes is 1. The maximum absolute atomic E-state index is 10.8. The summed E-state index contributed by atoms with van der Waals surface area (Å²) < 4.78 is 0. The van der Waals surface area contributed by atoms with Gasteiger partial charge in [-0.05, 0) is 23.1 Å². The molecular formula is C12H14O3. The standard InChI is InChI=1S/C12H14O3/c1-12(2,3)9-4-5-10(11(14)15)8(6-9)7-13/h4-7H,1-3H3,(H,14,15). The highest BCUT2D eigenvalue weighted by Crippen LogP contribution is 2.24. The molecule has 3 nitrogen and oxygen atoms in total. The Morgan fingerprint density at radius 3 is 2.33 bits per heavy atom. The highest BCUT2D eigenvalue weighted by Gasteiger charge is 2.17. The fraction of sp³-hybridized carbons (Fsp3) is 0.333. The lowest BCUT2D eigenvalue weighted by Crippen LogP contribution is -2.13. The van der Waals surface area contributed by atoms with Crippen LogP contribution in [0.3, 0.4) is 0 Å². The molecule has 1 rings (SSSR count). The minimum Gasteiger partial charge on any atom is -0.478 e. The Labute approximate surface area is 88.7 Å². The van der Waals surface area contributed by atoms with E-state index in [-0.39, 0.29) is 16.5 Å². The normalized spacial score (nSPS) is 11.1. The van der Waals surface area contributed by atoms with E-state index >= 15 is 0 Å². The third kappa shape index (κ3) is 2.43. The van der Waals surface area contributed by atoms with Gasteiger partial charge < -0.3 is 5.11 Å². The monoisotopic (exact) mass is 206 g/mol. The van der Waals surface area contributed by atoms with Gasteiger partial charge in [-0.25, -0.2) is 4.79 Å². The van der Waals surface area contributed by atoms with Crippen LogP contribution in [0.25, 0.3) is 0 Å². The molecule has 0 radical (unpaired) electrons. The maximum atomic E-state index is 10.8. The second-order valence-corrected chi connectivity index (χ2v) is 4.48. The molecule has 1 aromatic carbocycles. The summed E-state index contributed by atoms with van der Waals surface area (Å²) in [7, 11) is 0. The van der Waals surface area contributed by atoms with Crippen molar-refractivity contribution >= 4 is 12.3 Å². The third-order valence-electron chi connectivity index (χ3n) is 2.27. The average molecular weight is 206 g/mol. The van der Waals surface area contributed by atoms with Crippen LogP contribution < -0.4 is 0 Å². The second kappa shape index (κ2) is 3.85. The minimum absolute atomic E-state index is 0.0537. The van der Waals surface area contributed by atoms with Crippen LogP contribution in [0.2, 0.25) is 0 Å². The van der Waals surface area contributed by atoms with Crippen molar-refractivity contribution in [2.24, 2.45) is 0 Å². The number of carboxylic acids is 1. The minimum atomic E-state index is -1.07. The number of rotatable bonds is 2. The van der Waals surface area contributed by atoms with Gasteiger partial charge in [-0.3, -0.25) is 4.79 Å². The molecule has 15 heavy (non-hydrogen) atoms. The molecule has 0 spiro atoms. The summed E-state index contributed by atoms with van der Waals surface area (Å²) in [6.07, 6.45) is 0.582. The van der Waals surface area contributed by atoms with Gasteiger partial charge in [0.05, 0.1) is 5.56 Å². The molecule has 0 atom stereocenters. The van der Waals surface area contributed by atoms with Crippen LogP contribution in [0, 0.1) is 0 Å². The van der Waals surface area contributed by atoms with Crippen molar-refractivity contribution in [2.75, 3.05) is 0 Å². The predicted octanol–water partition coefficient (Wildman–Crippen LogP) is 2.49. The summed E-state index contributed by atoms with van der Waals surface area (Å²) in [5, 5.41) is 8.83. The summed E-state index contributed by atoms with van der Waals surface area (Å²) in [5.41, 5.74) is 1.15. The van der Waals surface area contributed by atoms with E-state index in [9.17, 15) is 9.59 Å². The maximum Gasteiger partial charge on any atom is 0.336 e. The number of aromatic carboxylic acids is 1. The Bertz CT molecular complexity index is 400. The van der Waals surface area contributed by atoms with E-state index in [2.05, 4.69) is 0 Å². The van der Waals surface area contributed by atoms with E-state index in [4.69, 9.17) is 5.11 Å². The number of carboxylic acid groups (broad SMARTS) is 1. The van der Waals surface area contributed by atoms with E-state index in [1.54, 1.807) is 12.1 Å². The van der Waals surface area contributed by atoms with Crippen molar-refractivity contribution in [3.63, 3.8) is 0 Å². The molecule has 3 heteroatoms. The summed E-state index contributed by atoms with van der Waals surface area (Å²) in [6, 6.07) is 4.86. The third-order valence-corrected chi connectivity index (χ3v) is 2.27. The van der Waals surface area contributed by atoms with Gasteiger partial charge in [-0.1, -0.05) is 26.8 Å². The zero-order valence-corrected chi connectivity index (χ0v) is 9.07. The summed E-state index contributed by atoms with van der Waals surface area (Å²) in [5.74, 6) is -1.07. The van der Waals surface area contributed by atoms with Crippen LogP contribution in [-0.2, 0) is 5.41 Å². The molecule has 1 aromatic rings. The largest absolute Gasteiger partial charge is 0.478 e. The molecule has 0 saturated heterocycles. The van der Waals surface area contributed by atoms with Crippen molar-refractivity contribution in [3.05, 3.63) is 34.9 Å². The quantitative estimate of drug-likeness (QED) is 0.756.